The first-order valence-corrected chi connectivity index (χ1v) is 26.5. The zero-order valence-electron chi connectivity index (χ0n) is 40.7. The highest BCUT2D eigenvalue weighted by molar-refractivity contribution is 5.71. The maximum Gasteiger partial charge on any atom is 0.306 e. The zero-order valence-corrected chi connectivity index (χ0v) is 40.7. The monoisotopic (exact) mass is 857 g/mol. The van der Waals surface area contributed by atoms with Gasteiger partial charge in [-0.3, -0.25) is 14.4 Å². The molecular weight excluding hydrogens is 757 g/mol. The fourth-order valence-corrected chi connectivity index (χ4v) is 7.61. The molecule has 0 aliphatic heterocycles. The van der Waals surface area contributed by atoms with E-state index in [1.54, 1.807) is 0 Å². The summed E-state index contributed by atoms with van der Waals surface area (Å²) in [5, 5.41) is 0. The van der Waals surface area contributed by atoms with Gasteiger partial charge >= 0.3 is 17.9 Å². The minimum atomic E-state index is -0.793. The van der Waals surface area contributed by atoms with Gasteiger partial charge in [-0.2, -0.15) is 0 Å². The van der Waals surface area contributed by atoms with Crippen molar-refractivity contribution in [2.45, 2.75) is 284 Å². The number of rotatable bonds is 48. The van der Waals surface area contributed by atoms with E-state index in [9.17, 15) is 14.4 Å². The molecule has 6 nitrogen and oxygen atoms in total. The van der Waals surface area contributed by atoms with Crippen LogP contribution in [0.1, 0.15) is 278 Å². The minimum absolute atomic E-state index is 0.0905. The third kappa shape index (κ3) is 48.5. The number of allylic oxidation sites excluding steroid dienone is 6. The summed E-state index contributed by atoms with van der Waals surface area (Å²) in [6.07, 6.45) is 58.5. The smallest absolute Gasteiger partial charge is 0.306 e. The largest absolute Gasteiger partial charge is 0.462 e. The lowest BCUT2D eigenvalue weighted by atomic mass is 10.0. The van der Waals surface area contributed by atoms with E-state index in [2.05, 4.69) is 51.2 Å². The molecule has 0 heterocycles. The van der Waals surface area contributed by atoms with Gasteiger partial charge in [0.1, 0.15) is 13.2 Å². The Morgan fingerprint density at radius 1 is 0.328 bits per heavy atom. The van der Waals surface area contributed by atoms with E-state index >= 15 is 0 Å². The molecule has 61 heavy (non-hydrogen) atoms. The lowest BCUT2D eigenvalue weighted by Gasteiger charge is -2.18. The maximum atomic E-state index is 12.8. The molecule has 356 valence electrons. The third-order valence-electron chi connectivity index (χ3n) is 11.6. The van der Waals surface area contributed by atoms with Crippen LogP contribution in [0, 0.1) is 0 Å². The number of unbranched alkanes of at least 4 members (excludes halogenated alkanes) is 31. The Kier molecular flexibility index (Phi) is 48.3. The molecule has 0 amide bonds. The van der Waals surface area contributed by atoms with Crippen molar-refractivity contribution >= 4 is 17.9 Å². The first-order valence-electron chi connectivity index (χ1n) is 26.5. The van der Waals surface area contributed by atoms with Gasteiger partial charge in [0.2, 0.25) is 0 Å². The van der Waals surface area contributed by atoms with Crippen molar-refractivity contribution in [3.63, 3.8) is 0 Å². The van der Waals surface area contributed by atoms with Crippen LogP contribution in [0.15, 0.2) is 36.5 Å². The summed E-state index contributed by atoms with van der Waals surface area (Å²) in [5.41, 5.74) is 0. The SMILES string of the molecule is CCCCCCCC/C=C/C/C=C/CCC(=O)OCC(COC(=O)CCCCCCC/C=C/CCCCCCCCC)OC(=O)CCCCCCCCCCCCCCCC. The predicted octanol–water partition coefficient (Wildman–Crippen LogP) is 17.3. The van der Waals surface area contributed by atoms with Crippen LogP contribution in [0.3, 0.4) is 0 Å². The predicted molar refractivity (Wildman–Crippen MR) is 261 cm³/mol. The molecule has 0 bridgehead atoms. The number of carbonyl (C=O) groups excluding carboxylic acids is 3. The van der Waals surface area contributed by atoms with Gasteiger partial charge in [-0.1, -0.05) is 231 Å². The number of hydrogen-bond acceptors (Lipinski definition) is 6. The molecule has 6 heteroatoms. The number of esters is 3. The minimum Gasteiger partial charge on any atom is -0.462 e. The summed E-state index contributed by atoms with van der Waals surface area (Å²) in [7, 11) is 0. The normalized spacial score (nSPS) is 12.2. The van der Waals surface area contributed by atoms with Crippen molar-refractivity contribution in [3.8, 4) is 0 Å². The zero-order chi connectivity index (χ0) is 44.4. The Morgan fingerprint density at radius 2 is 0.623 bits per heavy atom. The van der Waals surface area contributed by atoms with Gasteiger partial charge in [0.05, 0.1) is 0 Å². The molecule has 0 saturated carbocycles. The van der Waals surface area contributed by atoms with Crippen LogP contribution in [0.4, 0.5) is 0 Å². The Hall–Kier alpha value is -2.37. The van der Waals surface area contributed by atoms with Gasteiger partial charge in [-0.15, -0.1) is 0 Å². The third-order valence-corrected chi connectivity index (χ3v) is 11.6. The Labute approximate surface area is 378 Å². The van der Waals surface area contributed by atoms with Gasteiger partial charge in [0, 0.05) is 19.3 Å². The van der Waals surface area contributed by atoms with Crippen LogP contribution in [-0.2, 0) is 28.6 Å². The second-order valence-corrected chi connectivity index (χ2v) is 17.8. The van der Waals surface area contributed by atoms with E-state index in [1.807, 2.05) is 6.08 Å². The molecule has 0 rings (SSSR count). The summed E-state index contributed by atoms with van der Waals surface area (Å²) < 4.78 is 16.7. The average Bonchev–Trinajstić information content (AvgIpc) is 3.26. The van der Waals surface area contributed by atoms with E-state index in [4.69, 9.17) is 14.2 Å². The summed E-state index contributed by atoms with van der Waals surface area (Å²) in [6, 6.07) is 0. The Balaban J connectivity index is 4.41. The molecular formula is C55H100O6. The van der Waals surface area contributed by atoms with Crippen molar-refractivity contribution in [2.75, 3.05) is 13.2 Å². The van der Waals surface area contributed by atoms with E-state index in [0.717, 1.165) is 57.8 Å². The van der Waals surface area contributed by atoms with Gasteiger partial charge in [-0.05, 0) is 64.2 Å². The lowest BCUT2D eigenvalue weighted by molar-refractivity contribution is -0.166. The summed E-state index contributed by atoms with van der Waals surface area (Å²) in [4.78, 5) is 37.9. The summed E-state index contributed by atoms with van der Waals surface area (Å²) >= 11 is 0. The molecule has 0 N–H and O–H groups in total. The molecule has 0 aliphatic carbocycles. The first-order chi connectivity index (χ1) is 30.0. The highest BCUT2D eigenvalue weighted by Crippen LogP contribution is 2.15. The first kappa shape index (κ1) is 58.6. The lowest BCUT2D eigenvalue weighted by Crippen LogP contribution is -2.30. The van der Waals surface area contributed by atoms with Crippen LogP contribution < -0.4 is 0 Å². The molecule has 0 aromatic rings. The van der Waals surface area contributed by atoms with Crippen molar-refractivity contribution < 1.29 is 28.6 Å². The highest BCUT2D eigenvalue weighted by atomic mass is 16.6. The molecule has 1 atom stereocenters. The van der Waals surface area contributed by atoms with Gasteiger partial charge in [-0.25, -0.2) is 0 Å². The van der Waals surface area contributed by atoms with Gasteiger partial charge in [0.25, 0.3) is 0 Å². The van der Waals surface area contributed by atoms with Crippen LogP contribution >= 0.6 is 0 Å². The van der Waals surface area contributed by atoms with Crippen molar-refractivity contribution in [2.24, 2.45) is 0 Å². The topological polar surface area (TPSA) is 78.9 Å². The van der Waals surface area contributed by atoms with E-state index in [0.29, 0.717) is 19.3 Å². The fourth-order valence-electron chi connectivity index (χ4n) is 7.61. The fraction of sp³-hybridized carbons (Fsp3) is 0.836. The van der Waals surface area contributed by atoms with Crippen molar-refractivity contribution in [3.05, 3.63) is 36.5 Å². The van der Waals surface area contributed by atoms with Crippen LogP contribution in [0.2, 0.25) is 0 Å². The van der Waals surface area contributed by atoms with E-state index in [1.165, 1.54) is 173 Å². The number of hydrogen-bond donors (Lipinski definition) is 0. The molecule has 0 aromatic heterocycles. The maximum absolute atomic E-state index is 12.8. The van der Waals surface area contributed by atoms with Crippen LogP contribution in [0.5, 0.6) is 0 Å². The number of carbonyl (C=O) groups is 3. The molecule has 0 saturated heterocycles. The van der Waals surface area contributed by atoms with Crippen molar-refractivity contribution in [1.29, 1.82) is 0 Å². The quantitative estimate of drug-likeness (QED) is 0.0262. The average molecular weight is 857 g/mol. The van der Waals surface area contributed by atoms with E-state index < -0.39 is 6.10 Å². The standard InChI is InChI=1S/C55H100O6/c1-4-7-10-13-16-19-22-25-27-28-31-33-36-39-42-45-48-54(57)60-51-52(50-59-53(56)47-44-41-38-35-32-29-24-21-18-15-12-9-6-3)61-55(58)49-46-43-40-37-34-30-26-23-20-17-14-11-8-5-2/h27-29,32,38,41,52H,4-26,30-31,33-37,39-40,42-51H2,1-3H3/b28-27+,32-29+,41-38+. The molecule has 0 aromatic carbocycles. The summed E-state index contributed by atoms with van der Waals surface area (Å²) in [5.74, 6) is -0.957. The molecule has 0 aliphatic rings. The van der Waals surface area contributed by atoms with Crippen LogP contribution in [-0.4, -0.2) is 37.2 Å². The second-order valence-electron chi connectivity index (χ2n) is 17.8. The molecule has 0 radical (unpaired) electrons. The highest BCUT2D eigenvalue weighted by Gasteiger charge is 2.19. The van der Waals surface area contributed by atoms with Gasteiger partial charge in [0.15, 0.2) is 6.10 Å². The van der Waals surface area contributed by atoms with E-state index in [-0.39, 0.29) is 37.5 Å². The second kappa shape index (κ2) is 50.3. The molecule has 0 spiro atoms. The summed E-state index contributed by atoms with van der Waals surface area (Å²) in [6.45, 7) is 6.59. The van der Waals surface area contributed by atoms with Crippen molar-refractivity contribution in [1.82, 2.24) is 0 Å². The molecule has 1 unspecified atom stereocenters. The molecule has 0 fully saturated rings. The Bertz CT molecular complexity index is 1030. The Morgan fingerprint density at radius 3 is 1.02 bits per heavy atom. The van der Waals surface area contributed by atoms with Crippen LogP contribution in [0.25, 0.3) is 0 Å². The van der Waals surface area contributed by atoms with Gasteiger partial charge < -0.3 is 14.2 Å². The number of ether oxygens (including phenoxy) is 3.